The normalized spacial score (nSPS) is 14.6. The Morgan fingerprint density at radius 3 is 1.48 bits per heavy atom. The first-order valence-corrected chi connectivity index (χ1v) is 24.8. The molecule has 0 saturated heterocycles. The van der Waals surface area contributed by atoms with Gasteiger partial charge in [0.2, 0.25) is 5.91 Å². The average molecular weight is 811 g/mol. The van der Waals surface area contributed by atoms with E-state index < -0.39 is 20.0 Å². The minimum Gasteiger partial charge on any atom is -0.756 e. The van der Waals surface area contributed by atoms with E-state index in [1.54, 1.807) is 6.08 Å². The predicted molar refractivity (Wildman–Crippen MR) is 238 cm³/mol. The molecule has 0 fully saturated rings. The summed E-state index contributed by atoms with van der Waals surface area (Å²) in [6.07, 6.45) is 47.6. The Balaban J connectivity index is 4.26. The molecule has 2 N–H and O–H groups in total. The number of carbonyl (C=O) groups is 1. The fourth-order valence-electron chi connectivity index (χ4n) is 6.59. The predicted octanol–water partition coefficient (Wildman–Crippen LogP) is 12.5. The second kappa shape index (κ2) is 39.2. The van der Waals surface area contributed by atoms with E-state index in [2.05, 4.69) is 43.5 Å². The fourth-order valence-corrected chi connectivity index (χ4v) is 7.32. The minimum atomic E-state index is -4.58. The van der Waals surface area contributed by atoms with Crippen molar-refractivity contribution in [2.45, 2.75) is 219 Å². The van der Waals surface area contributed by atoms with Crippen molar-refractivity contribution in [3.05, 3.63) is 36.5 Å². The molecule has 3 atom stereocenters. The fraction of sp³-hybridized carbons (Fsp3) is 0.851. The van der Waals surface area contributed by atoms with Gasteiger partial charge in [-0.15, -0.1) is 0 Å². The number of nitrogens with zero attached hydrogens (tertiary/aromatic N) is 1. The molecule has 0 radical (unpaired) electrons. The van der Waals surface area contributed by atoms with E-state index in [1.165, 1.54) is 141 Å². The number of phosphoric acid groups is 1. The maximum atomic E-state index is 12.9. The first-order chi connectivity index (χ1) is 27.0. The number of rotatable bonds is 42. The van der Waals surface area contributed by atoms with Gasteiger partial charge in [-0.3, -0.25) is 9.36 Å². The number of quaternary nitrogens is 1. The summed E-state index contributed by atoms with van der Waals surface area (Å²) in [6, 6.07) is -0.885. The van der Waals surface area contributed by atoms with Crippen molar-refractivity contribution in [1.82, 2.24) is 5.32 Å². The Kier molecular flexibility index (Phi) is 38.3. The van der Waals surface area contributed by atoms with Crippen LogP contribution in [0.15, 0.2) is 36.5 Å². The van der Waals surface area contributed by atoms with Crippen molar-refractivity contribution < 1.29 is 32.9 Å². The van der Waals surface area contributed by atoms with E-state index in [0.29, 0.717) is 17.4 Å². The van der Waals surface area contributed by atoms with E-state index in [9.17, 15) is 19.4 Å². The second-order valence-corrected chi connectivity index (χ2v) is 18.5. The lowest BCUT2D eigenvalue weighted by Gasteiger charge is -2.29. The van der Waals surface area contributed by atoms with Crippen LogP contribution < -0.4 is 10.2 Å². The molecule has 1 amide bonds. The SMILES string of the molecule is CCCCCCC/C=C\C/C=C\CCCCCCCCCCCCCC(=O)NC(COP(=O)([O-])OCC[N+](C)(C)C)C(O)/C=C/CCCCCCCCCCC. The maximum absolute atomic E-state index is 12.9. The zero-order chi connectivity index (χ0) is 41.4. The number of hydrogen-bond acceptors (Lipinski definition) is 6. The maximum Gasteiger partial charge on any atom is 0.268 e. The molecule has 9 heteroatoms. The molecule has 0 rings (SSSR count). The molecule has 0 aliphatic rings. The van der Waals surface area contributed by atoms with E-state index in [-0.39, 0.29) is 19.1 Å². The van der Waals surface area contributed by atoms with Crippen molar-refractivity contribution >= 4 is 13.7 Å². The van der Waals surface area contributed by atoms with Crippen LogP contribution >= 0.6 is 7.82 Å². The monoisotopic (exact) mass is 811 g/mol. The van der Waals surface area contributed by atoms with Crippen molar-refractivity contribution in [3.8, 4) is 0 Å². The zero-order valence-electron chi connectivity index (χ0n) is 37.3. The summed E-state index contributed by atoms with van der Waals surface area (Å²) in [6.45, 7) is 4.62. The summed E-state index contributed by atoms with van der Waals surface area (Å²) in [4.78, 5) is 25.3. The summed E-state index contributed by atoms with van der Waals surface area (Å²) in [7, 11) is 1.26. The molecule has 0 aliphatic heterocycles. The summed E-state index contributed by atoms with van der Waals surface area (Å²) in [5.74, 6) is -0.201. The van der Waals surface area contributed by atoms with Gasteiger partial charge in [0.15, 0.2) is 0 Å². The number of unbranched alkanes of at least 4 members (excludes halogenated alkanes) is 25. The number of hydrogen-bond donors (Lipinski definition) is 2. The highest BCUT2D eigenvalue weighted by Gasteiger charge is 2.23. The molecule has 0 aromatic heterocycles. The van der Waals surface area contributed by atoms with Crippen molar-refractivity contribution in [1.29, 1.82) is 0 Å². The van der Waals surface area contributed by atoms with Crippen LogP contribution in [0.1, 0.15) is 206 Å². The molecule has 0 saturated carbocycles. The van der Waals surface area contributed by atoms with E-state index in [0.717, 1.165) is 44.9 Å². The highest BCUT2D eigenvalue weighted by atomic mass is 31.2. The molecule has 0 heterocycles. The molecule has 0 spiro atoms. The molecule has 0 bridgehead atoms. The summed E-state index contributed by atoms with van der Waals surface area (Å²) in [5, 5.41) is 13.8. The molecular weight excluding hydrogens is 719 g/mol. The molecular formula is C47H91N2O6P. The second-order valence-electron chi connectivity index (χ2n) is 17.1. The van der Waals surface area contributed by atoms with Gasteiger partial charge in [0.1, 0.15) is 13.2 Å². The zero-order valence-corrected chi connectivity index (χ0v) is 38.2. The average Bonchev–Trinajstić information content (AvgIpc) is 3.15. The molecule has 56 heavy (non-hydrogen) atoms. The van der Waals surface area contributed by atoms with Crippen molar-refractivity contribution in [3.63, 3.8) is 0 Å². The first kappa shape index (κ1) is 54.7. The molecule has 0 aromatic carbocycles. The Morgan fingerprint density at radius 2 is 1.04 bits per heavy atom. The van der Waals surface area contributed by atoms with E-state index >= 15 is 0 Å². The van der Waals surface area contributed by atoms with Crippen LogP contribution in [0.5, 0.6) is 0 Å². The van der Waals surface area contributed by atoms with Gasteiger partial charge in [0.05, 0.1) is 39.9 Å². The summed E-state index contributed by atoms with van der Waals surface area (Å²) < 4.78 is 23.2. The Hall–Kier alpha value is -1.28. The highest BCUT2D eigenvalue weighted by molar-refractivity contribution is 7.45. The van der Waals surface area contributed by atoms with Crippen LogP contribution in [0.25, 0.3) is 0 Å². The summed E-state index contributed by atoms with van der Waals surface area (Å²) in [5.41, 5.74) is 0. The van der Waals surface area contributed by atoms with Gasteiger partial charge >= 0.3 is 0 Å². The molecule has 0 aromatic rings. The van der Waals surface area contributed by atoms with Gasteiger partial charge in [-0.1, -0.05) is 185 Å². The quantitative estimate of drug-likeness (QED) is 0.0275. The number of aliphatic hydroxyl groups is 1. The number of amides is 1. The van der Waals surface area contributed by atoms with E-state index in [1.807, 2.05) is 27.2 Å². The van der Waals surface area contributed by atoms with Gasteiger partial charge < -0.3 is 28.8 Å². The first-order valence-electron chi connectivity index (χ1n) is 23.4. The lowest BCUT2D eigenvalue weighted by atomic mass is 10.0. The standard InChI is InChI=1S/C47H91N2O6P/c1-6-8-10-12-14-16-18-19-20-21-22-23-24-25-26-27-28-29-31-33-35-37-39-41-47(51)48-45(44-55-56(52,53)54-43-42-49(3,4)5)46(50)40-38-36-34-32-30-17-15-13-11-9-7-2/h18-19,21-22,38,40,45-46,50H,6-17,20,23-37,39,41-44H2,1-5H3,(H-,48,51,52,53)/b19-18-,22-21-,40-38+. The Morgan fingerprint density at radius 1 is 0.625 bits per heavy atom. The van der Waals surface area contributed by atoms with Gasteiger partial charge in [0.25, 0.3) is 7.82 Å². The van der Waals surface area contributed by atoms with Crippen molar-refractivity contribution in [2.24, 2.45) is 0 Å². The van der Waals surface area contributed by atoms with Crippen LogP contribution in [-0.2, 0) is 18.4 Å². The van der Waals surface area contributed by atoms with Crippen LogP contribution in [0, 0.1) is 0 Å². The summed E-state index contributed by atoms with van der Waals surface area (Å²) >= 11 is 0. The van der Waals surface area contributed by atoms with Gasteiger partial charge in [-0.05, 0) is 51.4 Å². The van der Waals surface area contributed by atoms with Crippen LogP contribution in [-0.4, -0.2) is 68.5 Å². The molecule has 8 nitrogen and oxygen atoms in total. The van der Waals surface area contributed by atoms with Crippen LogP contribution in [0.4, 0.5) is 0 Å². The van der Waals surface area contributed by atoms with E-state index in [4.69, 9.17) is 9.05 Å². The largest absolute Gasteiger partial charge is 0.756 e. The number of aliphatic hydroxyl groups excluding tert-OH is 1. The van der Waals surface area contributed by atoms with Gasteiger partial charge in [0, 0.05) is 6.42 Å². The topological polar surface area (TPSA) is 108 Å². The Labute approximate surface area is 347 Å². The lowest BCUT2D eigenvalue weighted by molar-refractivity contribution is -0.870. The number of nitrogens with one attached hydrogen (secondary N) is 1. The molecule has 330 valence electrons. The molecule has 3 unspecified atom stereocenters. The van der Waals surface area contributed by atoms with Crippen molar-refractivity contribution in [2.75, 3.05) is 40.9 Å². The van der Waals surface area contributed by atoms with Gasteiger partial charge in [-0.2, -0.15) is 0 Å². The number of carbonyl (C=O) groups excluding carboxylic acids is 1. The smallest absolute Gasteiger partial charge is 0.268 e. The number of phosphoric ester groups is 1. The molecule has 0 aliphatic carbocycles. The number of likely N-dealkylation sites (N-methyl/N-ethyl adjacent to an activating group) is 1. The third-order valence-electron chi connectivity index (χ3n) is 10.3. The Bertz CT molecular complexity index is 1010. The third-order valence-corrected chi connectivity index (χ3v) is 11.3. The van der Waals surface area contributed by atoms with Crippen LogP contribution in [0.3, 0.4) is 0 Å². The lowest BCUT2D eigenvalue weighted by Crippen LogP contribution is -2.45. The van der Waals surface area contributed by atoms with Crippen LogP contribution in [0.2, 0.25) is 0 Å². The number of allylic oxidation sites excluding steroid dienone is 5. The minimum absolute atomic E-state index is 0.00150. The third kappa shape index (κ3) is 40.9. The highest BCUT2D eigenvalue weighted by Crippen LogP contribution is 2.38. The van der Waals surface area contributed by atoms with Gasteiger partial charge in [-0.25, -0.2) is 0 Å².